The molecular weight excluding hydrogens is 452 g/mol. The summed E-state index contributed by atoms with van der Waals surface area (Å²) in [6, 6.07) is 5.80. The third kappa shape index (κ3) is 4.22. The second-order valence-electron chi connectivity index (χ2n) is 6.16. The molecule has 1 atom stereocenters. The van der Waals surface area contributed by atoms with E-state index < -0.39 is 21.6 Å². The molecule has 0 saturated heterocycles. The van der Waals surface area contributed by atoms with Crippen molar-refractivity contribution in [1.82, 2.24) is 9.55 Å². The van der Waals surface area contributed by atoms with Crippen molar-refractivity contribution in [1.29, 1.82) is 0 Å². The fraction of sp³-hybridized carbons (Fsp3) is 0.333. The van der Waals surface area contributed by atoms with Crippen molar-refractivity contribution in [3.63, 3.8) is 0 Å². The summed E-state index contributed by atoms with van der Waals surface area (Å²) in [6.07, 6.45) is 2.63. The maximum Gasteiger partial charge on any atom is 0.421 e. The van der Waals surface area contributed by atoms with E-state index in [1.165, 1.54) is 17.9 Å². The van der Waals surface area contributed by atoms with Gasteiger partial charge in [-0.2, -0.15) is 0 Å². The van der Waals surface area contributed by atoms with Gasteiger partial charge in [0.1, 0.15) is 9.84 Å². The van der Waals surface area contributed by atoms with Crippen LogP contribution in [0.5, 0.6) is 11.5 Å². The number of methoxy groups -OCH3 is 1. The van der Waals surface area contributed by atoms with Crippen molar-refractivity contribution in [3.05, 3.63) is 51.0 Å². The Labute approximate surface area is 170 Å². The molecule has 0 fully saturated rings. The number of rotatable bonds is 7. The Morgan fingerprint density at radius 3 is 2.68 bits per heavy atom. The lowest BCUT2D eigenvalue weighted by Gasteiger charge is -2.19. The summed E-state index contributed by atoms with van der Waals surface area (Å²) in [7, 11) is -1.93. The van der Waals surface area contributed by atoms with Crippen molar-refractivity contribution >= 4 is 37.0 Å². The summed E-state index contributed by atoms with van der Waals surface area (Å²) in [5.74, 6) is -0.0345. The van der Waals surface area contributed by atoms with Gasteiger partial charge in [-0.3, -0.25) is 0 Å². The molecule has 150 valence electrons. The molecule has 0 unspecified atom stereocenters. The summed E-state index contributed by atoms with van der Waals surface area (Å²) in [5.41, 5.74) is 1.08. The van der Waals surface area contributed by atoms with Crippen molar-refractivity contribution in [2.75, 3.05) is 25.7 Å². The molecule has 0 bridgehead atoms. The molecule has 0 amide bonds. The molecule has 3 aromatic rings. The quantitative estimate of drug-likeness (QED) is 0.523. The first kappa shape index (κ1) is 20.4. The number of nitrogens with zero attached hydrogens (tertiary/aromatic N) is 2. The van der Waals surface area contributed by atoms with Gasteiger partial charge in [0, 0.05) is 23.0 Å². The molecule has 0 saturated carbocycles. The summed E-state index contributed by atoms with van der Waals surface area (Å²) >= 11 is 3.28. The number of aromatic nitrogens is 2. The molecule has 0 aliphatic carbocycles. The van der Waals surface area contributed by atoms with Crippen LogP contribution < -0.4 is 15.2 Å². The molecule has 10 heteroatoms. The number of hydrogen-bond acceptors (Lipinski definition) is 7. The maximum atomic E-state index is 12.6. The zero-order valence-electron chi connectivity index (χ0n) is 15.5. The van der Waals surface area contributed by atoms with Crippen molar-refractivity contribution < 1.29 is 22.3 Å². The fourth-order valence-corrected chi connectivity index (χ4v) is 4.17. The van der Waals surface area contributed by atoms with Gasteiger partial charge in [0.25, 0.3) is 0 Å². The van der Waals surface area contributed by atoms with Crippen LogP contribution in [0.25, 0.3) is 11.2 Å². The Hall–Kier alpha value is -2.33. The number of hydrogen-bond donors (Lipinski definition) is 0. The highest BCUT2D eigenvalue weighted by Crippen LogP contribution is 2.33. The van der Waals surface area contributed by atoms with Gasteiger partial charge in [-0.05, 0) is 40.5 Å². The Kier molecular flexibility index (Phi) is 5.80. The first-order valence-corrected chi connectivity index (χ1v) is 11.2. The van der Waals surface area contributed by atoms with E-state index in [9.17, 15) is 13.2 Å². The Bertz CT molecular complexity index is 1170. The van der Waals surface area contributed by atoms with Crippen molar-refractivity contribution in [2.24, 2.45) is 0 Å². The van der Waals surface area contributed by atoms with E-state index in [1.807, 2.05) is 6.92 Å². The van der Waals surface area contributed by atoms with Gasteiger partial charge >= 0.3 is 5.76 Å². The predicted molar refractivity (Wildman–Crippen MR) is 108 cm³/mol. The number of oxazole rings is 1. The number of pyridine rings is 1. The maximum absolute atomic E-state index is 12.6. The minimum absolute atomic E-state index is 0.260. The molecule has 28 heavy (non-hydrogen) atoms. The standard InChI is InChI=1S/C18H19BrN2O6S/c1-4-26-15-7-11(5-6-14(15)25-2)13(10-28(3,23)24)21-17-16(27-18(21)22)8-12(19)9-20-17/h5-9,13H,4,10H2,1-3H3/t13-/m0/s1. The van der Waals surface area contributed by atoms with E-state index in [1.54, 1.807) is 24.3 Å². The highest BCUT2D eigenvalue weighted by molar-refractivity contribution is 9.10. The number of ether oxygens (including phenoxy) is 2. The predicted octanol–water partition coefficient (Wildman–Crippen LogP) is 2.79. The third-order valence-corrected chi connectivity index (χ3v) is 5.42. The van der Waals surface area contributed by atoms with Gasteiger partial charge in [-0.1, -0.05) is 6.07 Å². The van der Waals surface area contributed by atoms with Gasteiger partial charge in [-0.25, -0.2) is 22.8 Å². The molecule has 0 N–H and O–H groups in total. The minimum Gasteiger partial charge on any atom is -0.493 e. The average molecular weight is 471 g/mol. The second kappa shape index (κ2) is 7.96. The molecule has 2 heterocycles. The average Bonchev–Trinajstić information content (AvgIpc) is 2.94. The van der Waals surface area contributed by atoms with Crippen LogP contribution in [-0.2, 0) is 9.84 Å². The molecule has 3 rings (SSSR count). The molecule has 1 aromatic carbocycles. The van der Waals surface area contributed by atoms with Crippen LogP contribution in [0.1, 0.15) is 18.5 Å². The van der Waals surface area contributed by atoms with Gasteiger partial charge < -0.3 is 13.9 Å². The number of halogens is 1. The van der Waals surface area contributed by atoms with E-state index >= 15 is 0 Å². The normalized spacial score (nSPS) is 12.9. The highest BCUT2D eigenvalue weighted by Gasteiger charge is 2.26. The number of benzene rings is 1. The summed E-state index contributed by atoms with van der Waals surface area (Å²) in [6.45, 7) is 2.23. The smallest absolute Gasteiger partial charge is 0.421 e. The molecule has 0 aliphatic heterocycles. The molecule has 8 nitrogen and oxygen atoms in total. The van der Waals surface area contributed by atoms with Crippen LogP contribution in [0, 0.1) is 0 Å². The largest absolute Gasteiger partial charge is 0.493 e. The first-order chi connectivity index (χ1) is 13.2. The molecule has 0 radical (unpaired) electrons. The van der Waals surface area contributed by atoms with E-state index in [0.29, 0.717) is 28.1 Å². The topological polar surface area (TPSA) is 101 Å². The van der Waals surface area contributed by atoms with Crippen LogP contribution in [0.3, 0.4) is 0 Å². The zero-order chi connectivity index (χ0) is 20.5. The van der Waals surface area contributed by atoms with Crippen LogP contribution in [-0.4, -0.2) is 43.7 Å². The van der Waals surface area contributed by atoms with E-state index in [0.717, 1.165) is 6.26 Å². The van der Waals surface area contributed by atoms with Gasteiger partial charge in [0.2, 0.25) is 0 Å². The van der Waals surface area contributed by atoms with Gasteiger partial charge in [0.05, 0.1) is 25.5 Å². The Balaban J connectivity index is 2.23. The van der Waals surface area contributed by atoms with Gasteiger partial charge in [0.15, 0.2) is 22.7 Å². The minimum atomic E-state index is -3.44. The molecule has 2 aromatic heterocycles. The zero-order valence-corrected chi connectivity index (χ0v) is 17.9. The van der Waals surface area contributed by atoms with E-state index in [4.69, 9.17) is 13.9 Å². The van der Waals surface area contributed by atoms with Crippen LogP contribution in [0.2, 0.25) is 0 Å². The highest BCUT2D eigenvalue weighted by atomic mass is 79.9. The lowest BCUT2D eigenvalue weighted by molar-refractivity contribution is 0.310. The Morgan fingerprint density at radius 2 is 2.04 bits per heavy atom. The van der Waals surface area contributed by atoms with Crippen molar-refractivity contribution in [2.45, 2.75) is 13.0 Å². The molecular formula is C18H19BrN2O6S. The summed E-state index contributed by atoms with van der Waals surface area (Å²) < 4.78 is 42.3. The number of fused-ring (bicyclic) bond motifs is 1. The lowest BCUT2D eigenvalue weighted by atomic mass is 10.1. The van der Waals surface area contributed by atoms with Crippen molar-refractivity contribution in [3.8, 4) is 11.5 Å². The first-order valence-electron chi connectivity index (χ1n) is 8.38. The van der Waals surface area contributed by atoms with Gasteiger partial charge in [-0.15, -0.1) is 0 Å². The molecule has 0 aliphatic rings. The summed E-state index contributed by atoms with van der Waals surface area (Å²) in [5, 5.41) is 0. The molecule has 0 spiro atoms. The SMILES string of the molecule is CCOc1cc([C@H](CS(C)(=O)=O)n2c(=O)oc3cc(Br)cnc32)ccc1OC. The van der Waals surface area contributed by atoms with E-state index in [-0.39, 0.29) is 17.0 Å². The van der Waals surface area contributed by atoms with E-state index in [2.05, 4.69) is 20.9 Å². The Morgan fingerprint density at radius 1 is 1.29 bits per heavy atom. The monoisotopic (exact) mass is 470 g/mol. The lowest BCUT2D eigenvalue weighted by Crippen LogP contribution is -2.27. The van der Waals surface area contributed by atoms with Crippen LogP contribution in [0.4, 0.5) is 0 Å². The third-order valence-electron chi connectivity index (χ3n) is 4.07. The summed E-state index contributed by atoms with van der Waals surface area (Å²) in [4.78, 5) is 16.8. The van der Waals surface area contributed by atoms with Crippen LogP contribution in [0.15, 0.2) is 44.1 Å². The fourth-order valence-electron chi connectivity index (χ4n) is 2.95. The van der Waals surface area contributed by atoms with Crippen LogP contribution >= 0.6 is 15.9 Å². The second-order valence-corrected chi connectivity index (χ2v) is 9.27. The number of sulfone groups is 1.